The molecule has 0 atom stereocenters. The predicted molar refractivity (Wildman–Crippen MR) is 88.7 cm³/mol. The third-order valence-electron chi connectivity index (χ3n) is 3.45. The van der Waals surface area contributed by atoms with Crippen LogP contribution in [-0.4, -0.2) is 37.4 Å². The van der Waals surface area contributed by atoms with Crippen molar-refractivity contribution in [1.29, 1.82) is 0 Å². The number of carbonyl (C=O) groups excluding carboxylic acids is 1. The van der Waals surface area contributed by atoms with Crippen molar-refractivity contribution in [3.63, 3.8) is 0 Å². The van der Waals surface area contributed by atoms with Gasteiger partial charge in [-0.3, -0.25) is 14.2 Å². The zero-order valence-electron chi connectivity index (χ0n) is 12.9. The van der Waals surface area contributed by atoms with Crippen LogP contribution in [0.3, 0.4) is 0 Å². The van der Waals surface area contributed by atoms with E-state index in [0.717, 1.165) is 22.4 Å². The Morgan fingerprint density at radius 2 is 2.23 bits per heavy atom. The van der Waals surface area contributed by atoms with E-state index < -0.39 is 0 Å². The summed E-state index contributed by atoms with van der Waals surface area (Å²) in [4.78, 5) is 13.9. The molecule has 0 spiro atoms. The largest absolute Gasteiger partial charge is 0.340 e. The highest BCUT2D eigenvalue weighted by Crippen LogP contribution is 2.17. The van der Waals surface area contributed by atoms with Crippen molar-refractivity contribution in [2.24, 2.45) is 0 Å². The molecule has 0 bridgehead atoms. The van der Waals surface area contributed by atoms with Crippen LogP contribution in [0.4, 0.5) is 0 Å². The van der Waals surface area contributed by atoms with Crippen molar-refractivity contribution >= 4 is 33.4 Å². The lowest BCUT2D eigenvalue weighted by Gasteiger charge is -2.18. The Bertz CT molecular complexity index is 647. The van der Waals surface area contributed by atoms with Crippen molar-refractivity contribution in [3.8, 4) is 0 Å². The third kappa shape index (κ3) is 3.89. The minimum absolute atomic E-state index is 0.0456. The quantitative estimate of drug-likeness (QED) is 0.764. The molecule has 0 aliphatic carbocycles. The Morgan fingerprint density at radius 1 is 1.50 bits per heavy atom. The summed E-state index contributed by atoms with van der Waals surface area (Å²) in [6.07, 6.45) is 3.89. The summed E-state index contributed by atoms with van der Waals surface area (Å²) >= 11 is 9.54. The molecule has 1 amide bonds. The molecule has 0 unspecified atom stereocenters. The average Bonchev–Trinajstić information content (AvgIpc) is 3.00. The molecule has 2 aromatic rings. The lowest BCUT2D eigenvalue weighted by atomic mass is 10.3. The molecule has 0 aliphatic rings. The first-order valence-corrected chi connectivity index (χ1v) is 8.23. The van der Waals surface area contributed by atoms with Gasteiger partial charge in [-0.1, -0.05) is 11.6 Å². The van der Waals surface area contributed by atoms with Gasteiger partial charge in [0.25, 0.3) is 0 Å². The molecule has 0 fully saturated rings. The minimum Gasteiger partial charge on any atom is -0.340 e. The predicted octanol–water partition coefficient (Wildman–Crippen LogP) is 2.87. The zero-order chi connectivity index (χ0) is 16.3. The first-order chi connectivity index (χ1) is 10.4. The van der Waals surface area contributed by atoms with E-state index in [-0.39, 0.29) is 5.91 Å². The van der Waals surface area contributed by atoms with Gasteiger partial charge in [-0.2, -0.15) is 10.2 Å². The van der Waals surface area contributed by atoms with Gasteiger partial charge in [0.15, 0.2) is 0 Å². The molecule has 2 rings (SSSR count). The van der Waals surface area contributed by atoms with Gasteiger partial charge in [0.1, 0.15) is 0 Å². The van der Waals surface area contributed by atoms with Crippen LogP contribution in [0, 0.1) is 6.92 Å². The van der Waals surface area contributed by atoms with Gasteiger partial charge in [0, 0.05) is 32.8 Å². The monoisotopic (exact) mass is 387 g/mol. The molecule has 0 N–H and O–H groups in total. The first-order valence-electron chi connectivity index (χ1n) is 7.06. The molecular formula is C14H19BrClN5O. The van der Waals surface area contributed by atoms with E-state index in [0.29, 0.717) is 24.5 Å². The van der Waals surface area contributed by atoms with E-state index in [2.05, 4.69) is 26.1 Å². The molecule has 2 aromatic heterocycles. The lowest BCUT2D eigenvalue weighted by Crippen LogP contribution is -2.28. The molecule has 0 aliphatic heterocycles. The van der Waals surface area contributed by atoms with Gasteiger partial charge in [-0.05, 0) is 29.8 Å². The number of hydrogen-bond donors (Lipinski definition) is 0. The van der Waals surface area contributed by atoms with Crippen LogP contribution in [0.15, 0.2) is 16.9 Å². The highest BCUT2D eigenvalue weighted by molar-refractivity contribution is 9.10. The number of carbonyl (C=O) groups is 1. The van der Waals surface area contributed by atoms with Gasteiger partial charge in [-0.25, -0.2) is 0 Å². The Labute approximate surface area is 143 Å². The van der Waals surface area contributed by atoms with Gasteiger partial charge in [0.2, 0.25) is 5.91 Å². The second-order valence-corrected chi connectivity index (χ2v) is 6.34. The summed E-state index contributed by atoms with van der Waals surface area (Å²) in [6, 6.07) is 0. The highest BCUT2D eigenvalue weighted by Gasteiger charge is 2.15. The molecule has 0 saturated heterocycles. The van der Waals surface area contributed by atoms with E-state index in [1.807, 2.05) is 20.0 Å². The SMILES string of the molecule is CCn1ncc(Cl)c1CN(C)C(=O)CCn1cc(Br)c(C)n1. The number of aryl methyl sites for hydroxylation is 3. The number of rotatable bonds is 6. The molecule has 6 nitrogen and oxygen atoms in total. The molecule has 0 aromatic carbocycles. The topological polar surface area (TPSA) is 56.0 Å². The Hall–Kier alpha value is -1.34. The Morgan fingerprint density at radius 3 is 2.82 bits per heavy atom. The van der Waals surface area contributed by atoms with Crippen LogP contribution in [0.1, 0.15) is 24.7 Å². The molecule has 0 saturated carbocycles. The lowest BCUT2D eigenvalue weighted by molar-refractivity contribution is -0.130. The first kappa shape index (κ1) is 17.0. The maximum absolute atomic E-state index is 12.2. The fourth-order valence-electron chi connectivity index (χ4n) is 2.14. The fraction of sp³-hybridized carbons (Fsp3) is 0.500. The number of nitrogens with zero attached hydrogens (tertiary/aromatic N) is 5. The van der Waals surface area contributed by atoms with E-state index >= 15 is 0 Å². The summed E-state index contributed by atoms with van der Waals surface area (Å²) in [7, 11) is 1.77. The molecular weight excluding hydrogens is 370 g/mol. The van der Waals surface area contributed by atoms with Gasteiger partial charge in [0.05, 0.1) is 33.6 Å². The second kappa shape index (κ2) is 7.28. The maximum Gasteiger partial charge on any atom is 0.224 e. The van der Waals surface area contributed by atoms with Gasteiger partial charge >= 0.3 is 0 Å². The summed E-state index contributed by atoms with van der Waals surface area (Å²) in [5.41, 5.74) is 1.78. The van der Waals surface area contributed by atoms with Gasteiger partial charge in [-0.15, -0.1) is 0 Å². The third-order valence-corrected chi connectivity index (χ3v) is 4.55. The second-order valence-electron chi connectivity index (χ2n) is 5.08. The molecule has 2 heterocycles. The maximum atomic E-state index is 12.2. The minimum atomic E-state index is 0.0456. The number of halogens is 2. The Kier molecular flexibility index (Phi) is 5.63. The Balaban J connectivity index is 1.93. The summed E-state index contributed by atoms with van der Waals surface area (Å²) in [5, 5.41) is 9.09. The normalized spacial score (nSPS) is 11.0. The van der Waals surface area contributed by atoms with Crippen LogP contribution in [0.25, 0.3) is 0 Å². The molecule has 22 heavy (non-hydrogen) atoms. The van der Waals surface area contributed by atoms with Crippen LogP contribution in [0.2, 0.25) is 5.02 Å². The average molecular weight is 389 g/mol. The van der Waals surface area contributed by atoms with E-state index in [9.17, 15) is 4.79 Å². The summed E-state index contributed by atoms with van der Waals surface area (Å²) in [6.45, 7) is 5.64. The van der Waals surface area contributed by atoms with E-state index in [4.69, 9.17) is 11.6 Å². The number of amides is 1. The van der Waals surface area contributed by atoms with Crippen LogP contribution in [0.5, 0.6) is 0 Å². The smallest absolute Gasteiger partial charge is 0.224 e. The number of aromatic nitrogens is 4. The summed E-state index contributed by atoms with van der Waals surface area (Å²) < 4.78 is 4.53. The molecule has 8 heteroatoms. The van der Waals surface area contributed by atoms with Crippen LogP contribution in [-0.2, 0) is 24.4 Å². The standard InChI is InChI=1S/C14H19BrClN5O/c1-4-21-13(12(16)7-17-21)9-19(3)14(22)5-6-20-8-11(15)10(2)18-20/h7-8H,4-6,9H2,1-3H3. The summed E-state index contributed by atoms with van der Waals surface area (Å²) in [5.74, 6) is 0.0456. The zero-order valence-corrected chi connectivity index (χ0v) is 15.2. The number of hydrogen-bond acceptors (Lipinski definition) is 3. The molecule has 0 radical (unpaired) electrons. The highest BCUT2D eigenvalue weighted by atomic mass is 79.9. The van der Waals surface area contributed by atoms with Crippen molar-refractivity contribution in [3.05, 3.63) is 33.3 Å². The van der Waals surface area contributed by atoms with Crippen molar-refractivity contribution in [2.75, 3.05) is 7.05 Å². The van der Waals surface area contributed by atoms with Crippen molar-refractivity contribution < 1.29 is 4.79 Å². The van der Waals surface area contributed by atoms with Crippen molar-refractivity contribution in [1.82, 2.24) is 24.5 Å². The van der Waals surface area contributed by atoms with Crippen LogP contribution < -0.4 is 0 Å². The van der Waals surface area contributed by atoms with Gasteiger partial charge < -0.3 is 4.90 Å². The van der Waals surface area contributed by atoms with E-state index in [1.165, 1.54) is 0 Å². The van der Waals surface area contributed by atoms with E-state index in [1.54, 1.807) is 27.5 Å². The molecule has 120 valence electrons. The van der Waals surface area contributed by atoms with Crippen molar-refractivity contribution in [2.45, 2.75) is 39.9 Å². The van der Waals surface area contributed by atoms with Crippen LogP contribution >= 0.6 is 27.5 Å². The fourth-order valence-corrected chi connectivity index (χ4v) is 2.66.